The van der Waals surface area contributed by atoms with Crippen molar-refractivity contribution in [2.24, 2.45) is 0 Å². The van der Waals surface area contributed by atoms with Gasteiger partial charge in [0.1, 0.15) is 6.07 Å². The number of hydrogen-bond acceptors (Lipinski definition) is 6. The summed E-state index contributed by atoms with van der Waals surface area (Å²) in [6.07, 6.45) is 2.89. The Morgan fingerprint density at radius 2 is 1.91 bits per heavy atom. The first-order chi connectivity index (χ1) is 16.2. The van der Waals surface area contributed by atoms with Gasteiger partial charge in [0.25, 0.3) is 0 Å². The fraction of sp³-hybridized carbons (Fsp3) is 0.407. The van der Waals surface area contributed by atoms with E-state index >= 15 is 0 Å². The molecule has 168 valence electrons. The van der Waals surface area contributed by atoms with Gasteiger partial charge in [-0.15, -0.1) is 0 Å². The standard InChI is InChI=1S/C27H30N6/c1-19-16-32(26-8-7-20(14-28)27-24(26)5-3-10-30-27)18-22-17-31(12-13-33(19)22)25-6-2-4-21-15-29-11-9-23(21)25/h2-8,10,19,22,29H,9,11-13,15-18H2,1H3. The van der Waals surface area contributed by atoms with Crippen LogP contribution in [0.15, 0.2) is 48.7 Å². The van der Waals surface area contributed by atoms with Crippen LogP contribution >= 0.6 is 0 Å². The molecule has 2 atom stereocenters. The summed E-state index contributed by atoms with van der Waals surface area (Å²) in [6, 6.07) is 18.2. The summed E-state index contributed by atoms with van der Waals surface area (Å²) in [7, 11) is 0. The molecule has 1 N–H and O–H groups in total. The van der Waals surface area contributed by atoms with Gasteiger partial charge in [0.05, 0.1) is 11.1 Å². The molecule has 0 saturated carbocycles. The summed E-state index contributed by atoms with van der Waals surface area (Å²) in [6.45, 7) is 9.65. The number of nitrogens with one attached hydrogen (secondary N) is 1. The number of aromatic nitrogens is 1. The van der Waals surface area contributed by atoms with Gasteiger partial charge in [-0.3, -0.25) is 9.88 Å². The van der Waals surface area contributed by atoms with Crippen molar-refractivity contribution in [3.05, 3.63) is 65.4 Å². The number of benzene rings is 2. The highest BCUT2D eigenvalue weighted by Gasteiger charge is 2.37. The van der Waals surface area contributed by atoms with Gasteiger partial charge in [-0.05, 0) is 61.3 Å². The molecule has 0 bridgehead atoms. The van der Waals surface area contributed by atoms with E-state index in [1.165, 1.54) is 22.5 Å². The first-order valence-electron chi connectivity index (χ1n) is 12.1. The minimum atomic E-state index is 0.474. The zero-order valence-electron chi connectivity index (χ0n) is 19.2. The summed E-state index contributed by atoms with van der Waals surface area (Å²) in [5, 5.41) is 14.1. The van der Waals surface area contributed by atoms with Gasteiger partial charge in [-0.1, -0.05) is 12.1 Å². The van der Waals surface area contributed by atoms with Crippen LogP contribution in [0.4, 0.5) is 11.4 Å². The molecule has 2 saturated heterocycles. The molecule has 0 amide bonds. The van der Waals surface area contributed by atoms with Crippen LogP contribution in [0.2, 0.25) is 0 Å². The minimum absolute atomic E-state index is 0.474. The minimum Gasteiger partial charge on any atom is -0.368 e. The van der Waals surface area contributed by atoms with Gasteiger partial charge < -0.3 is 15.1 Å². The topological polar surface area (TPSA) is 58.4 Å². The lowest BCUT2D eigenvalue weighted by Crippen LogP contribution is -2.65. The molecule has 33 heavy (non-hydrogen) atoms. The van der Waals surface area contributed by atoms with Gasteiger partial charge in [-0.2, -0.15) is 5.26 Å². The molecule has 0 radical (unpaired) electrons. The van der Waals surface area contributed by atoms with Gasteiger partial charge in [0.2, 0.25) is 0 Å². The third-order valence-corrected chi connectivity index (χ3v) is 7.67. The first-order valence-corrected chi connectivity index (χ1v) is 12.1. The molecule has 4 heterocycles. The molecule has 2 aromatic carbocycles. The second-order valence-electron chi connectivity index (χ2n) is 9.58. The lowest BCUT2D eigenvalue weighted by atomic mass is 9.96. The van der Waals surface area contributed by atoms with E-state index in [9.17, 15) is 5.26 Å². The fourth-order valence-corrected chi connectivity index (χ4v) is 6.11. The highest BCUT2D eigenvalue weighted by Crippen LogP contribution is 2.34. The Hall–Kier alpha value is -3.14. The van der Waals surface area contributed by atoms with Crippen molar-refractivity contribution >= 4 is 22.3 Å². The summed E-state index contributed by atoms with van der Waals surface area (Å²) in [5.74, 6) is 0. The highest BCUT2D eigenvalue weighted by atomic mass is 15.4. The van der Waals surface area contributed by atoms with Gasteiger partial charge in [0, 0.05) is 74.3 Å². The number of fused-ring (bicyclic) bond motifs is 3. The van der Waals surface area contributed by atoms with Crippen LogP contribution in [-0.2, 0) is 13.0 Å². The second kappa shape index (κ2) is 8.33. The lowest BCUT2D eigenvalue weighted by Gasteiger charge is -2.52. The monoisotopic (exact) mass is 438 g/mol. The highest BCUT2D eigenvalue weighted by molar-refractivity contribution is 5.95. The first kappa shape index (κ1) is 20.5. The number of anilines is 2. The molecule has 2 fully saturated rings. The second-order valence-corrected chi connectivity index (χ2v) is 9.58. The summed E-state index contributed by atoms with van der Waals surface area (Å²) < 4.78 is 0. The molecule has 6 nitrogen and oxygen atoms in total. The normalized spacial score (nSPS) is 23.2. The smallest absolute Gasteiger partial charge is 0.101 e. The Morgan fingerprint density at radius 3 is 2.82 bits per heavy atom. The Balaban J connectivity index is 1.30. The van der Waals surface area contributed by atoms with Gasteiger partial charge in [-0.25, -0.2) is 0 Å². The lowest BCUT2D eigenvalue weighted by molar-refractivity contribution is 0.108. The van der Waals surface area contributed by atoms with Crippen molar-refractivity contribution < 1.29 is 0 Å². The summed E-state index contributed by atoms with van der Waals surface area (Å²) >= 11 is 0. The molecule has 3 aromatic rings. The molecule has 0 spiro atoms. The Morgan fingerprint density at radius 1 is 1.00 bits per heavy atom. The maximum atomic E-state index is 9.54. The van der Waals surface area contributed by atoms with Gasteiger partial charge >= 0.3 is 0 Å². The van der Waals surface area contributed by atoms with Crippen molar-refractivity contribution in [2.45, 2.75) is 32.0 Å². The van der Waals surface area contributed by atoms with Crippen LogP contribution in [0.1, 0.15) is 23.6 Å². The van der Waals surface area contributed by atoms with Crippen LogP contribution in [0, 0.1) is 11.3 Å². The van der Waals surface area contributed by atoms with E-state index < -0.39 is 0 Å². The zero-order chi connectivity index (χ0) is 22.4. The van der Waals surface area contributed by atoms with Crippen molar-refractivity contribution in [1.29, 1.82) is 5.26 Å². The van der Waals surface area contributed by atoms with Crippen molar-refractivity contribution in [1.82, 2.24) is 15.2 Å². The van der Waals surface area contributed by atoms with Crippen molar-refractivity contribution in [3.8, 4) is 6.07 Å². The molecule has 3 aliphatic heterocycles. The zero-order valence-corrected chi connectivity index (χ0v) is 19.2. The predicted molar refractivity (Wildman–Crippen MR) is 133 cm³/mol. The molecular weight excluding hydrogens is 408 g/mol. The van der Waals surface area contributed by atoms with Crippen LogP contribution in [0.25, 0.3) is 10.9 Å². The molecule has 1 aromatic heterocycles. The third kappa shape index (κ3) is 3.52. The average Bonchev–Trinajstić information content (AvgIpc) is 2.87. The maximum absolute atomic E-state index is 9.54. The quantitative estimate of drug-likeness (QED) is 0.663. The largest absolute Gasteiger partial charge is 0.368 e. The van der Waals surface area contributed by atoms with Crippen molar-refractivity contribution in [3.63, 3.8) is 0 Å². The Labute approximate surface area is 195 Å². The van der Waals surface area contributed by atoms with E-state index in [4.69, 9.17) is 0 Å². The molecule has 3 aliphatic rings. The van der Waals surface area contributed by atoms with Crippen LogP contribution < -0.4 is 15.1 Å². The van der Waals surface area contributed by atoms with E-state index in [1.807, 2.05) is 12.1 Å². The van der Waals surface area contributed by atoms with Crippen LogP contribution in [-0.4, -0.2) is 61.2 Å². The van der Waals surface area contributed by atoms with Crippen LogP contribution in [0.5, 0.6) is 0 Å². The molecule has 0 aliphatic carbocycles. The number of pyridine rings is 1. The van der Waals surface area contributed by atoms with E-state index in [-0.39, 0.29) is 0 Å². The van der Waals surface area contributed by atoms with E-state index in [0.29, 0.717) is 17.6 Å². The maximum Gasteiger partial charge on any atom is 0.101 e. The SMILES string of the molecule is CC1CN(c2ccc(C#N)c3ncccc23)CC2CN(c3cccc4c3CCNC4)CCN12. The number of rotatable bonds is 2. The molecule has 6 rings (SSSR count). The molecule has 2 unspecified atom stereocenters. The number of nitrogens with zero attached hydrogens (tertiary/aromatic N) is 5. The Bertz CT molecular complexity index is 1230. The van der Waals surface area contributed by atoms with Crippen molar-refractivity contribution in [2.75, 3.05) is 49.1 Å². The number of hydrogen-bond donors (Lipinski definition) is 1. The number of piperazine rings is 2. The summed E-state index contributed by atoms with van der Waals surface area (Å²) in [5.41, 5.74) is 7.08. The Kier molecular flexibility index (Phi) is 5.17. The average molecular weight is 439 g/mol. The molecule has 6 heteroatoms. The van der Waals surface area contributed by atoms with E-state index in [1.54, 1.807) is 6.20 Å². The number of nitriles is 1. The van der Waals surface area contributed by atoms with Crippen LogP contribution in [0.3, 0.4) is 0 Å². The fourth-order valence-electron chi connectivity index (χ4n) is 6.11. The predicted octanol–water partition coefficient (Wildman–Crippen LogP) is 3.15. The van der Waals surface area contributed by atoms with Gasteiger partial charge in [0.15, 0.2) is 0 Å². The third-order valence-electron chi connectivity index (χ3n) is 7.67. The molecular formula is C27H30N6. The summed E-state index contributed by atoms with van der Waals surface area (Å²) in [4.78, 5) is 12.4. The van der Waals surface area contributed by atoms with E-state index in [2.05, 4.69) is 68.3 Å². The van der Waals surface area contributed by atoms with E-state index in [0.717, 1.165) is 63.1 Å².